The topological polar surface area (TPSA) is 125 Å². The lowest BCUT2D eigenvalue weighted by Gasteiger charge is -2.38. The number of aliphatic hydroxyl groups excluding tert-OH is 1. The average molecular weight is 634 g/mol. The number of aliphatic hydroxyl groups is 1. The smallest absolute Gasteiger partial charge is 0.306 e. The fourth-order valence-electron chi connectivity index (χ4n) is 7.04. The molecule has 2 fully saturated rings. The molecule has 0 saturated carbocycles. The Morgan fingerprint density at radius 2 is 1.80 bits per heavy atom. The molecule has 1 spiro atoms. The molecular formula is C34H36ClN3O7. The minimum Gasteiger partial charge on any atom is -0.463 e. The Morgan fingerprint density at radius 1 is 1.04 bits per heavy atom. The van der Waals surface area contributed by atoms with Crippen molar-refractivity contribution in [3.63, 3.8) is 0 Å². The number of amides is 3. The van der Waals surface area contributed by atoms with Crippen molar-refractivity contribution in [3.05, 3.63) is 89.5 Å². The number of esters is 1. The first kappa shape index (κ1) is 31.0. The summed E-state index contributed by atoms with van der Waals surface area (Å²) in [5.41, 5.74) is -0.149. The van der Waals surface area contributed by atoms with Crippen molar-refractivity contribution < 1.29 is 33.8 Å². The van der Waals surface area contributed by atoms with Gasteiger partial charge in [-0.1, -0.05) is 73.2 Å². The number of likely N-dealkylation sites (tertiary alicyclic amines) is 1. The fraction of sp³-hybridized carbons (Fsp3) is 0.412. The first-order valence-corrected chi connectivity index (χ1v) is 15.7. The molecule has 0 radical (unpaired) electrons. The first-order chi connectivity index (χ1) is 21.8. The number of carbonyl (C=O) groups excluding carboxylic acids is 4. The van der Waals surface area contributed by atoms with Gasteiger partial charge in [-0.3, -0.25) is 19.2 Å². The van der Waals surface area contributed by atoms with Crippen LogP contribution >= 0.6 is 11.6 Å². The van der Waals surface area contributed by atoms with Gasteiger partial charge in [0.1, 0.15) is 18.2 Å². The number of hydrogen-bond donors (Lipinski definition) is 2. The standard InChI is InChI=1S/C34H36ClN3O7/c1-2-23(19-39)38-30-33(43)37(24-15-13-22(35)14-16-24)18-8-17-34(30)29(32(38)42)28-26(45-34)11-6-7-12-27(40)44-20-25(36-31(28)41)21-9-4-3-5-10-21/h3-6,8-11,13-17,23,25-26,28-30,39H,2,7,12,18-20H2,1H3,(H,36,41)/b11-6-/t23-,25-,26+,28-,29-,30+,34-/m0/s1. The van der Waals surface area contributed by atoms with Crippen molar-refractivity contribution in [2.45, 2.75) is 56.0 Å². The number of hydrogen-bond acceptors (Lipinski definition) is 7. The molecule has 2 N–H and O–H groups in total. The van der Waals surface area contributed by atoms with E-state index in [9.17, 15) is 24.3 Å². The van der Waals surface area contributed by atoms with Crippen LogP contribution in [-0.4, -0.2) is 77.2 Å². The molecule has 2 aromatic rings. The maximum absolute atomic E-state index is 14.6. The first-order valence-electron chi connectivity index (χ1n) is 15.3. The van der Waals surface area contributed by atoms with Gasteiger partial charge in [0.2, 0.25) is 11.8 Å². The molecule has 3 amide bonds. The van der Waals surface area contributed by atoms with E-state index in [2.05, 4.69) is 5.32 Å². The summed E-state index contributed by atoms with van der Waals surface area (Å²) in [7, 11) is 0. The van der Waals surface area contributed by atoms with Crippen LogP contribution in [0.5, 0.6) is 0 Å². The van der Waals surface area contributed by atoms with E-state index >= 15 is 0 Å². The second-order valence-electron chi connectivity index (χ2n) is 11.8. The zero-order valence-electron chi connectivity index (χ0n) is 24.9. The molecule has 2 aromatic carbocycles. The number of allylic oxidation sites excluding steroid dienone is 1. The summed E-state index contributed by atoms with van der Waals surface area (Å²) in [6, 6.07) is 13.5. The molecule has 4 aliphatic rings. The van der Waals surface area contributed by atoms with E-state index in [0.717, 1.165) is 5.56 Å². The molecule has 0 unspecified atom stereocenters. The molecule has 10 nitrogen and oxygen atoms in total. The van der Waals surface area contributed by atoms with Crippen LogP contribution in [-0.2, 0) is 28.7 Å². The third-order valence-electron chi connectivity index (χ3n) is 9.22. The van der Waals surface area contributed by atoms with Gasteiger partial charge in [-0.05, 0) is 42.7 Å². The van der Waals surface area contributed by atoms with E-state index in [1.807, 2.05) is 37.3 Å². The van der Waals surface area contributed by atoms with Crippen LogP contribution in [0.1, 0.15) is 37.8 Å². The number of halogens is 1. The van der Waals surface area contributed by atoms with E-state index in [4.69, 9.17) is 21.1 Å². The molecule has 236 valence electrons. The molecule has 2 saturated heterocycles. The minimum atomic E-state index is -1.48. The Hall–Kier alpha value is -3.99. The van der Waals surface area contributed by atoms with Gasteiger partial charge in [-0.15, -0.1) is 0 Å². The molecule has 4 heterocycles. The number of fused-ring (bicyclic) bond motifs is 2. The maximum atomic E-state index is 14.6. The van der Waals surface area contributed by atoms with Gasteiger partial charge in [0.25, 0.3) is 5.91 Å². The summed E-state index contributed by atoms with van der Waals surface area (Å²) >= 11 is 6.12. The number of rotatable bonds is 5. The number of ether oxygens (including phenoxy) is 2. The molecule has 4 aliphatic heterocycles. The Balaban J connectivity index is 1.45. The van der Waals surface area contributed by atoms with Gasteiger partial charge in [-0.2, -0.15) is 0 Å². The Kier molecular flexibility index (Phi) is 8.81. The number of anilines is 1. The predicted octanol–water partition coefficient (Wildman–Crippen LogP) is 3.35. The highest BCUT2D eigenvalue weighted by atomic mass is 35.5. The van der Waals surface area contributed by atoms with E-state index in [1.54, 1.807) is 53.5 Å². The van der Waals surface area contributed by atoms with Crippen LogP contribution in [0.3, 0.4) is 0 Å². The normalized spacial score (nSPS) is 31.5. The van der Waals surface area contributed by atoms with Crippen molar-refractivity contribution in [2.24, 2.45) is 11.8 Å². The number of cyclic esters (lactones) is 1. The number of nitrogens with one attached hydrogen (secondary N) is 1. The number of nitrogens with zero attached hydrogens (tertiary/aromatic N) is 2. The molecule has 11 heteroatoms. The monoisotopic (exact) mass is 633 g/mol. The summed E-state index contributed by atoms with van der Waals surface area (Å²) < 4.78 is 12.3. The van der Waals surface area contributed by atoms with Gasteiger partial charge in [-0.25, -0.2) is 0 Å². The lowest BCUT2D eigenvalue weighted by molar-refractivity contribution is -0.146. The molecule has 7 atom stereocenters. The molecule has 45 heavy (non-hydrogen) atoms. The minimum absolute atomic E-state index is 0.0775. The quantitative estimate of drug-likeness (QED) is 0.382. The van der Waals surface area contributed by atoms with E-state index < -0.39 is 59.5 Å². The molecule has 0 aliphatic carbocycles. The lowest BCUT2D eigenvalue weighted by Crippen LogP contribution is -2.58. The van der Waals surface area contributed by atoms with Crippen LogP contribution in [0.15, 0.2) is 78.9 Å². The molecule has 6 rings (SSSR count). The van der Waals surface area contributed by atoms with Crippen LogP contribution in [0.4, 0.5) is 5.69 Å². The van der Waals surface area contributed by atoms with Gasteiger partial charge in [0.15, 0.2) is 0 Å². The predicted molar refractivity (Wildman–Crippen MR) is 166 cm³/mol. The lowest BCUT2D eigenvalue weighted by atomic mass is 9.77. The third-order valence-corrected chi connectivity index (χ3v) is 9.47. The maximum Gasteiger partial charge on any atom is 0.306 e. The third kappa shape index (κ3) is 5.55. The van der Waals surface area contributed by atoms with Crippen molar-refractivity contribution >= 4 is 41.0 Å². The zero-order chi connectivity index (χ0) is 31.7. The van der Waals surface area contributed by atoms with Crippen molar-refractivity contribution in [2.75, 3.05) is 24.7 Å². The molecular weight excluding hydrogens is 598 g/mol. The van der Waals surface area contributed by atoms with Gasteiger partial charge in [0, 0.05) is 23.7 Å². The summed E-state index contributed by atoms with van der Waals surface area (Å²) in [4.78, 5) is 58.9. The summed E-state index contributed by atoms with van der Waals surface area (Å²) in [6.07, 6.45) is 7.04. The zero-order valence-corrected chi connectivity index (χ0v) is 25.6. The summed E-state index contributed by atoms with van der Waals surface area (Å²) in [6.45, 7) is 1.61. The Morgan fingerprint density at radius 3 is 2.51 bits per heavy atom. The van der Waals surface area contributed by atoms with Crippen LogP contribution in [0, 0.1) is 11.8 Å². The Labute approximate surface area is 266 Å². The van der Waals surface area contributed by atoms with Crippen LogP contribution < -0.4 is 10.2 Å². The highest BCUT2D eigenvalue weighted by Crippen LogP contribution is 2.53. The molecule has 0 bridgehead atoms. The summed E-state index contributed by atoms with van der Waals surface area (Å²) in [5, 5.41) is 13.9. The summed E-state index contributed by atoms with van der Waals surface area (Å²) in [5.74, 6) is -3.71. The highest BCUT2D eigenvalue weighted by Gasteiger charge is 2.72. The van der Waals surface area contributed by atoms with Gasteiger partial charge in [0.05, 0.1) is 36.6 Å². The van der Waals surface area contributed by atoms with Gasteiger partial charge >= 0.3 is 5.97 Å². The van der Waals surface area contributed by atoms with E-state index in [-0.39, 0.29) is 32.1 Å². The second-order valence-corrected chi connectivity index (χ2v) is 12.2. The van der Waals surface area contributed by atoms with Crippen molar-refractivity contribution in [1.82, 2.24) is 10.2 Å². The second kappa shape index (κ2) is 12.8. The van der Waals surface area contributed by atoms with Gasteiger partial charge < -0.3 is 29.7 Å². The number of benzene rings is 2. The molecule has 0 aromatic heterocycles. The Bertz CT molecular complexity index is 1510. The number of carbonyl (C=O) groups is 4. The van der Waals surface area contributed by atoms with E-state index in [1.165, 1.54) is 4.90 Å². The average Bonchev–Trinajstić information content (AvgIpc) is 3.43. The van der Waals surface area contributed by atoms with Crippen molar-refractivity contribution in [3.8, 4) is 0 Å². The highest BCUT2D eigenvalue weighted by molar-refractivity contribution is 6.30. The van der Waals surface area contributed by atoms with E-state index in [0.29, 0.717) is 23.6 Å². The van der Waals surface area contributed by atoms with Crippen molar-refractivity contribution in [1.29, 1.82) is 0 Å². The largest absolute Gasteiger partial charge is 0.463 e. The SMILES string of the molecule is CC[C@@H](CO)N1C(=O)[C@@H]2[C@H]3C(=O)N[C@H](c4ccccc4)COC(=O)CC/C=C\[C@H]3O[C@@]23C=CCN(c2ccc(Cl)cc2)C(=O)[C@@H]13. The fourth-order valence-corrected chi connectivity index (χ4v) is 7.16. The van der Waals surface area contributed by atoms with Crippen LogP contribution in [0.25, 0.3) is 0 Å². The van der Waals surface area contributed by atoms with Crippen LogP contribution in [0.2, 0.25) is 5.02 Å².